The van der Waals surface area contributed by atoms with Gasteiger partial charge in [-0.05, 0) is 44.0 Å². The molecule has 3 rings (SSSR count). The standard InChI is InChI=1S/C15H18N4O2/c20-15(18-9-11-3-1-5-16-8-11)13-7-14(21-19-13)12-4-2-6-17-10-12/h2,4,6-7,10-11,16H,1,3,5,8-9H2,(H,18,20). The van der Waals surface area contributed by atoms with Gasteiger partial charge in [-0.1, -0.05) is 5.16 Å². The fourth-order valence-corrected chi connectivity index (χ4v) is 2.45. The van der Waals surface area contributed by atoms with E-state index in [0.29, 0.717) is 23.9 Å². The van der Waals surface area contributed by atoms with Gasteiger partial charge in [-0.15, -0.1) is 0 Å². The van der Waals surface area contributed by atoms with Gasteiger partial charge in [-0.3, -0.25) is 9.78 Å². The van der Waals surface area contributed by atoms with Crippen LogP contribution >= 0.6 is 0 Å². The molecule has 0 radical (unpaired) electrons. The van der Waals surface area contributed by atoms with Crippen LogP contribution in [0.1, 0.15) is 23.3 Å². The van der Waals surface area contributed by atoms with E-state index in [1.165, 1.54) is 0 Å². The first-order valence-corrected chi connectivity index (χ1v) is 7.19. The maximum atomic E-state index is 12.1. The topological polar surface area (TPSA) is 80.0 Å². The molecule has 1 amide bonds. The average molecular weight is 286 g/mol. The van der Waals surface area contributed by atoms with Crippen molar-refractivity contribution in [3.05, 3.63) is 36.3 Å². The predicted molar refractivity (Wildman–Crippen MR) is 77.7 cm³/mol. The van der Waals surface area contributed by atoms with Crippen LogP contribution in [0.15, 0.2) is 35.1 Å². The number of aromatic nitrogens is 2. The zero-order chi connectivity index (χ0) is 14.5. The summed E-state index contributed by atoms with van der Waals surface area (Å²) in [5.74, 6) is 0.847. The van der Waals surface area contributed by atoms with E-state index in [4.69, 9.17) is 4.52 Å². The number of pyridine rings is 1. The second-order valence-electron chi connectivity index (χ2n) is 5.24. The quantitative estimate of drug-likeness (QED) is 0.889. The van der Waals surface area contributed by atoms with Crippen LogP contribution in [0.3, 0.4) is 0 Å². The third-order valence-corrected chi connectivity index (χ3v) is 3.64. The highest BCUT2D eigenvalue weighted by atomic mass is 16.5. The first-order valence-electron chi connectivity index (χ1n) is 7.19. The van der Waals surface area contributed by atoms with Crippen LogP contribution in [0.4, 0.5) is 0 Å². The molecule has 6 nitrogen and oxygen atoms in total. The van der Waals surface area contributed by atoms with E-state index in [1.807, 2.05) is 12.1 Å². The Morgan fingerprint density at radius 1 is 1.52 bits per heavy atom. The molecule has 1 unspecified atom stereocenters. The third-order valence-electron chi connectivity index (χ3n) is 3.64. The molecule has 0 saturated carbocycles. The van der Waals surface area contributed by atoms with Gasteiger partial charge in [0.05, 0.1) is 0 Å². The lowest BCUT2D eigenvalue weighted by Crippen LogP contribution is -2.38. The molecular formula is C15H18N4O2. The monoisotopic (exact) mass is 286 g/mol. The second kappa shape index (κ2) is 6.49. The van der Waals surface area contributed by atoms with Crippen molar-refractivity contribution in [3.8, 4) is 11.3 Å². The first kappa shape index (κ1) is 13.8. The molecule has 21 heavy (non-hydrogen) atoms. The van der Waals surface area contributed by atoms with Crippen molar-refractivity contribution in [2.75, 3.05) is 19.6 Å². The van der Waals surface area contributed by atoms with Gasteiger partial charge in [0.15, 0.2) is 11.5 Å². The molecule has 1 saturated heterocycles. The zero-order valence-corrected chi connectivity index (χ0v) is 11.7. The fraction of sp³-hybridized carbons (Fsp3) is 0.400. The van der Waals surface area contributed by atoms with Crippen molar-refractivity contribution in [3.63, 3.8) is 0 Å². The average Bonchev–Trinajstić information content (AvgIpc) is 3.04. The molecular weight excluding hydrogens is 268 g/mol. The summed E-state index contributed by atoms with van der Waals surface area (Å²) in [6.07, 6.45) is 5.67. The van der Waals surface area contributed by atoms with Gasteiger partial charge in [0.25, 0.3) is 5.91 Å². The summed E-state index contributed by atoms with van der Waals surface area (Å²) in [6.45, 7) is 2.70. The third kappa shape index (κ3) is 3.46. The summed E-state index contributed by atoms with van der Waals surface area (Å²) in [4.78, 5) is 16.1. The van der Waals surface area contributed by atoms with E-state index >= 15 is 0 Å². The molecule has 3 heterocycles. The van der Waals surface area contributed by atoms with Gasteiger partial charge in [-0.2, -0.15) is 0 Å². The summed E-state index contributed by atoms with van der Waals surface area (Å²) in [7, 11) is 0. The summed E-state index contributed by atoms with van der Waals surface area (Å²) in [5.41, 5.74) is 1.11. The lowest BCUT2D eigenvalue weighted by atomic mass is 10.00. The number of nitrogens with zero attached hydrogens (tertiary/aromatic N) is 2. The van der Waals surface area contributed by atoms with Crippen molar-refractivity contribution >= 4 is 5.91 Å². The molecule has 2 N–H and O–H groups in total. The Bertz CT molecular complexity index is 591. The first-order chi connectivity index (χ1) is 10.3. The molecule has 0 aliphatic carbocycles. The zero-order valence-electron chi connectivity index (χ0n) is 11.7. The largest absolute Gasteiger partial charge is 0.355 e. The van der Waals surface area contributed by atoms with Crippen molar-refractivity contribution in [2.24, 2.45) is 5.92 Å². The smallest absolute Gasteiger partial charge is 0.273 e. The van der Waals surface area contributed by atoms with Gasteiger partial charge in [-0.25, -0.2) is 0 Å². The number of carbonyl (C=O) groups excluding carboxylic acids is 1. The fourth-order valence-electron chi connectivity index (χ4n) is 2.45. The van der Waals surface area contributed by atoms with E-state index in [9.17, 15) is 4.79 Å². The Morgan fingerprint density at radius 2 is 2.48 bits per heavy atom. The Labute approximate surface area is 122 Å². The number of carbonyl (C=O) groups is 1. The minimum absolute atomic E-state index is 0.195. The molecule has 1 fully saturated rings. The Morgan fingerprint density at radius 3 is 3.24 bits per heavy atom. The molecule has 1 atom stereocenters. The molecule has 2 aromatic heterocycles. The van der Waals surface area contributed by atoms with Crippen LogP contribution in [-0.2, 0) is 0 Å². The number of rotatable bonds is 4. The summed E-state index contributed by atoms with van der Waals surface area (Å²) in [6, 6.07) is 5.32. The highest BCUT2D eigenvalue weighted by Gasteiger charge is 2.17. The minimum Gasteiger partial charge on any atom is -0.355 e. The molecule has 0 bridgehead atoms. The number of hydrogen-bond acceptors (Lipinski definition) is 5. The molecule has 2 aromatic rings. The van der Waals surface area contributed by atoms with Crippen LogP contribution in [0, 0.1) is 5.92 Å². The maximum absolute atomic E-state index is 12.1. The molecule has 0 aromatic carbocycles. The van der Waals surface area contributed by atoms with Crippen LogP contribution < -0.4 is 10.6 Å². The van der Waals surface area contributed by atoms with Crippen LogP contribution in [0.25, 0.3) is 11.3 Å². The summed E-state index contributed by atoms with van der Waals surface area (Å²) < 4.78 is 5.20. The molecule has 6 heteroatoms. The Kier molecular flexibility index (Phi) is 4.25. The van der Waals surface area contributed by atoms with Crippen molar-refractivity contribution in [2.45, 2.75) is 12.8 Å². The highest BCUT2D eigenvalue weighted by Crippen LogP contribution is 2.18. The number of amides is 1. The van der Waals surface area contributed by atoms with E-state index < -0.39 is 0 Å². The van der Waals surface area contributed by atoms with Crippen LogP contribution in [0.5, 0.6) is 0 Å². The lowest BCUT2D eigenvalue weighted by molar-refractivity contribution is 0.0936. The van der Waals surface area contributed by atoms with Crippen LogP contribution in [-0.4, -0.2) is 35.7 Å². The molecule has 1 aliphatic heterocycles. The van der Waals surface area contributed by atoms with Gasteiger partial charge in [0.2, 0.25) is 0 Å². The maximum Gasteiger partial charge on any atom is 0.273 e. The van der Waals surface area contributed by atoms with E-state index in [1.54, 1.807) is 18.5 Å². The van der Waals surface area contributed by atoms with Crippen molar-refractivity contribution < 1.29 is 9.32 Å². The van der Waals surface area contributed by atoms with Gasteiger partial charge in [0, 0.05) is 30.6 Å². The Hall–Kier alpha value is -2.21. The molecule has 110 valence electrons. The molecule has 1 aliphatic rings. The van der Waals surface area contributed by atoms with Gasteiger partial charge < -0.3 is 15.2 Å². The highest BCUT2D eigenvalue weighted by molar-refractivity contribution is 5.93. The number of nitrogens with one attached hydrogen (secondary N) is 2. The van der Waals surface area contributed by atoms with Gasteiger partial charge in [0.1, 0.15) is 0 Å². The Balaban J connectivity index is 1.59. The number of hydrogen-bond donors (Lipinski definition) is 2. The normalized spacial score (nSPS) is 18.4. The summed E-state index contributed by atoms with van der Waals surface area (Å²) in [5, 5.41) is 10.1. The molecule has 0 spiro atoms. The van der Waals surface area contributed by atoms with Crippen molar-refractivity contribution in [1.29, 1.82) is 0 Å². The predicted octanol–water partition coefficient (Wildman–Crippen LogP) is 1.47. The van der Waals surface area contributed by atoms with E-state index in [2.05, 4.69) is 20.8 Å². The van der Waals surface area contributed by atoms with Crippen LogP contribution in [0.2, 0.25) is 0 Å². The second-order valence-corrected chi connectivity index (χ2v) is 5.24. The number of piperidine rings is 1. The SMILES string of the molecule is O=C(NCC1CCCNC1)c1cc(-c2cccnc2)on1. The lowest BCUT2D eigenvalue weighted by Gasteiger charge is -2.22. The van der Waals surface area contributed by atoms with E-state index in [0.717, 1.165) is 31.5 Å². The van der Waals surface area contributed by atoms with Gasteiger partial charge >= 0.3 is 0 Å². The summed E-state index contributed by atoms with van der Waals surface area (Å²) >= 11 is 0. The van der Waals surface area contributed by atoms with E-state index in [-0.39, 0.29) is 5.91 Å². The van der Waals surface area contributed by atoms with Crippen molar-refractivity contribution in [1.82, 2.24) is 20.8 Å². The minimum atomic E-state index is -0.195.